The lowest BCUT2D eigenvalue weighted by molar-refractivity contribution is -0.137. The van der Waals surface area contributed by atoms with Gasteiger partial charge in [0.15, 0.2) is 0 Å². The number of aromatic amines is 1. The maximum atomic E-state index is 13.5. The fourth-order valence-corrected chi connectivity index (χ4v) is 9.30. The van der Waals surface area contributed by atoms with Crippen LogP contribution in [0.5, 0.6) is 0 Å². The number of piperidine rings is 1. The lowest BCUT2D eigenvalue weighted by atomic mass is 9.68. The summed E-state index contributed by atoms with van der Waals surface area (Å²) in [6.07, 6.45) is 0.568. The molecule has 2 N–H and O–H groups in total. The Morgan fingerprint density at radius 3 is 2.61 bits per heavy atom. The molecule has 11 heteroatoms. The molecule has 1 aromatic heterocycles. The number of aromatic nitrogens is 1. The Kier molecular flexibility index (Phi) is 7.68. The van der Waals surface area contributed by atoms with Crippen LogP contribution in [0, 0.1) is 17.8 Å². The minimum atomic E-state index is -4.37. The molecule has 0 bridgehead atoms. The van der Waals surface area contributed by atoms with Crippen molar-refractivity contribution in [2.75, 3.05) is 44.4 Å². The number of carbonyl (C=O) groups is 1. The Labute approximate surface area is 239 Å². The molecule has 0 unspecified atom stereocenters. The van der Waals surface area contributed by atoms with Crippen molar-refractivity contribution < 1.29 is 31.1 Å². The van der Waals surface area contributed by atoms with Crippen LogP contribution in [0.25, 0.3) is 10.9 Å². The van der Waals surface area contributed by atoms with E-state index in [4.69, 9.17) is 4.74 Å². The summed E-state index contributed by atoms with van der Waals surface area (Å²) in [7, 11) is -3.03. The van der Waals surface area contributed by atoms with Crippen LogP contribution in [-0.2, 0) is 32.0 Å². The number of halogens is 3. The number of amides is 1. The predicted octanol–water partition coefficient (Wildman–Crippen LogP) is 4.66. The number of hydrogen-bond acceptors (Lipinski definition) is 5. The number of sulfone groups is 1. The van der Waals surface area contributed by atoms with Crippen molar-refractivity contribution in [1.82, 2.24) is 15.2 Å². The van der Waals surface area contributed by atoms with E-state index in [9.17, 15) is 26.4 Å². The van der Waals surface area contributed by atoms with E-state index in [1.807, 2.05) is 0 Å². The van der Waals surface area contributed by atoms with Gasteiger partial charge in [-0.3, -0.25) is 4.79 Å². The monoisotopic (exact) mass is 595 g/mol. The minimum Gasteiger partial charge on any atom is -0.381 e. The van der Waals surface area contributed by atoms with E-state index in [1.165, 1.54) is 6.07 Å². The average Bonchev–Trinajstić information content (AvgIpc) is 3.30. The average molecular weight is 596 g/mol. The van der Waals surface area contributed by atoms with E-state index in [0.29, 0.717) is 43.3 Å². The van der Waals surface area contributed by atoms with Gasteiger partial charge in [-0.05, 0) is 93.0 Å². The van der Waals surface area contributed by atoms with Crippen molar-refractivity contribution >= 4 is 26.6 Å². The van der Waals surface area contributed by atoms with Gasteiger partial charge in [-0.1, -0.05) is 6.92 Å². The van der Waals surface area contributed by atoms with Crippen LogP contribution in [0.3, 0.4) is 0 Å². The van der Waals surface area contributed by atoms with Gasteiger partial charge < -0.3 is 19.9 Å². The van der Waals surface area contributed by atoms with Crippen LogP contribution in [0.4, 0.5) is 13.2 Å². The largest absolute Gasteiger partial charge is 0.416 e. The number of nitrogens with zero attached hydrogens (tertiary/aromatic N) is 1. The first-order chi connectivity index (χ1) is 19.4. The maximum absolute atomic E-state index is 13.5. The Hall–Kier alpha value is -2.11. The fraction of sp³-hybridized carbons (Fsp3) is 0.700. The molecule has 3 fully saturated rings. The van der Waals surface area contributed by atoms with Crippen molar-refractivity contribution in [2.45, 2.75) is 69.5 Å². The van der Waals surface area contributed by atoms with Gasteiger partial charge in [0.2, 0.25) is 5.91 Å². The summed E-state index contributed by atoms with van der Waals surface area (Å²) in [6, 6.07) is 4.03. The third-order valence-corrected chi connectivity index (χ3v) is 12.1. The molecule has 4 heterocycles. The second-order valence-electron chi connectivity index (χ2n) is 12.8. The van der Waals surface area contributed by atoms with Crippen LogP contribution in [0.2, 0.25) is 0 Å². The van der Waals surface area contributed by atoms with E-state index in [0.717, 1.165) is 74.6 Å². The highest BCUT2D eigenvalue weighted by Crippen LogP contribution is 2.47. The normalized spacial score (nSPS) is 28.6. The van der Waals surface area contributed by atoms with E-state index < -0.39 is 21.6 Å². The number of alkyl halides is 3. The number of ether oxygens (including phenoxy) is 1. The van der Waals surface area contributed by atoms with Crippen molar-refractivity contribution in [1.29, 1.82) is 0 Å². The molecule has 0 radical (unpaired) electrons. The third kappa shape index (κ3) is 5.91. The smallest absolute Gasteiger partial charge is 0.381 e. The van der Waals surface area contributed by atoms with Crippen LogP contribution in [0.15, 0.2) is 18.2 Å². The van der Waals surface area contributed by atoms with Gasteiger partial charge in [-0.2, -0.15) is 13.2 Å². The predicted molar refractivity (Wildman–Crippen MR) is 150 cm³/mol. The molecule has 6 rings (SSSR count). The summed E-state index contributed by atoms with van der Waals surface area (Å²) in [5, 5.41) is 4.04. The van der Waals surface area contributed by atoms with Gasteiger partial charge in [0.1, 0.15) is 9.84 Å². The molecular weight excluding hydrogens is 555 g/mol. The standard InChI is InChI=1S/C30H40F3N3O4S/c1-19-24-18-36(10-4-21(24)16-26-27(19)23-17-22(30(31,32)33)2-3-25(23)34-26)11-7-29(8-12-40-13-9-29)35-28(37)20-5-14-41(38,39)15-6-20/h2-3,17,19-21,24,34H,4-16,18H2,1H3,(H,35,37)/t19-,21-,24-/m1/s1. The molecule has 3 saturated heterocycles. The van der Waals surface area contributed by atoms with Crippen molar-refractivity contribution in [3.05, 3.63) is 35.0 Å². The highest BCUT2D eigenvalue weighted by atomic mass is 32.2. The molecule has 4 aliphatic rings. The van der Waals surface area contributed by atoms with Gasteiger partial charge in [0.05, 0.1) is 17.1 Å². The number of carbonyl (C=O) groups excluding carboxylic acids is 1. The number of rotatable bonds is 5. The molecule has 7 nitrogen and oxygen atoms in total. The molecule has 0 spiro atoms. The number of benzene rings is 1. The molecule has 41 heavy (non-hydrogen) atoms. The Bertz CT molecular complexity index is 1390. The summed E-state index contributed by atoms with van der Waals surface area (Å²) < 4.78 is 69.8. The minimum absolute atomic E-state index is 0.0356. The second kappa shape index (κ2) is 10.9. The van der Waals surface area contributed by atoms with Gasteiger partial charge in [0.25, 0.3) is 0 Å². The van der Waals surface area contributed by atoms with Crippen LogP contribution < -0.4 is 5.32 Å². The topological polar surface area (TPSA) is 91.5 Å². The maximum Gasteiger partial charge on any atom is 0.416 e. The highest BCUT2D eigenvalue weighted by molar-refractivity contribution is 7.91. The van der Waals surface area contributed by atoms with Crippen molar-refractivity contribution in [3.63, 3.8) is 0 Å². The summed E-state index contributed by atoms with van der Waals surface area (Å²) in [5.74, 6) is 0.837. The van der Waals surface area contributed by atoms with E-state index in [2.05, 4.69) is 22.1 Å². The molecule has 2 aromatic rings. The fourth-order valence-electron chi connectivity index (χ4n) is 7.81. The Morgan fingerprint density at radius 1 is 1.17 bits per heavy atom. The van der Waals surface area contributed by atoms with E-state index >= 15 is 0 Å². The molecule has 226 valence electrons. The van der Waals surface area contributed by atoms with Crippen LogP contribution in [0.1, 0.15) is 68.2 Å². The van der Waals surface area contributed by atoms with Gasteiger partial charge in [-0.15, -0.1) is 0 Å². The zero-order valence-corrected chi connectivity index (χ0v) is 24.4. The molecule has 1 aliphatic carbocycles. The molecular formula is C30H40F3N3O4S. The van der Waals surface area contributed by atoms with Crippen molar-refractivity contribution in [2.24, 2.45) is 17.8 Å². The summed E-state index contributed by atoms with van der Waals surface area (Å²) >= 11 is 0. The summed E-state index contributed by atoms with van der Waals surface area (Å²) in [6.45, 7) is 6.01. The Balaban J connectivity index is 1.14. The molecule has 3 aliphatic heterocycles. The highest BCUT2D eigenvalue weighted by Gasteiger charge is 2.42. The van der Waals surface area contributed by atoms with Gasteiger partial charge >= 0.3 is 6.18 Å². The first-order valence-electron chi connectivity index (χ1n) is 15.0. The SMILES string of the molecule is C[C@H]1c2c([nH]c3ccc(C(F)(F)F)cc23)C[C@H]2CCN(CCC3(NC(=O)C4CCS(=O)(=O)CC4)CCOCC3)C[C@@H]21. The molecule has 3 atom stereocenters. The number of likely N-dealkylation sites (tertiary alicyclic amines) is 1. The lowest BCUT2D eigenvalue weighted by Gasteiger charge is -2.46. The number of fused-ring (bicyclic) bond motifs is 4. The second-order valence-corrected chi connectivity index (χ2v) is 15.1. The number of nitrogens with one attached hydrogen (secondary N) is 2. The zero-order valence-electron chi connectivity index (χ0n) is 23.6. The molecule has 0 saturated carbocycles. The number of hydrogen-bond donors (Lipinski definition) is 2. The lowest BCUT2D eigenvalue weighted by Crippen LogP contribution is -2.56. The van der Waals surface area contributed by atoms with Gasteiger partial charge in [-0.25, -0.2) is 8.42 Å². The third-order valence-electron chi connectivity index (χ3n) is 10.4. The van der Waals surface area contributed by atoms with Gasteiger partial charge in [0, 0.05) is 54.4 Å². The van der Waals surface area contributed by atoms with E-state index in [1.54, 1.807) is 6.07 Å². The summed E-state index contributed by atoms with van der Waals surface area (Å²) in [5.41, 5.74) is 1.93. The Morgan fingerprint density at radius 2 is 1.90 bits per heavy atom. The van der Waals surface area contributed by atoms with Crippen LogP contribution >= 0.6 is 0 Å². The zero-order chi connectivity index (χ0) is 29.0. The van der Waals surface area contributed by atoms with Crippen LogP contribution in [-0.4, -0.2) is 74.1 Å². The summed E-state index contributed by atoms with van der Waals surface area (Å²) in [4.78, 5) is 19.1. The molecule has 1 aromatic carbocycles. The van der Waals surface area contributed by atoms with E-state index in [-0.39, 0.29) is 34.8 Å². The number of H-pyrrole nitrogens is 1. The van der Waals surface area contributed by atoms with Crippen molar-refractivity contribution in [3.8, 4) is 0 Å². The first kappa shape index (κ1) is 29.0. The molecule has 1 amide bonds. The quantitative estimate of drug-likeness (QED) is 0.525. The first-order valence-corrected chi connectivity index (χ1v) is 16.8.